The van der Waals surface area contributed by atoms with Gasteiger partial charge in [0.15, 0.2) is 23.0 Å². The number of nitrogens with zero attached hydrogens (tertiary/aromatic N) is 2. The molecule has 0 spiro atoms. The van der Waals surface area contributed by atoms with E-state index in [1.807, 2.05) is 0 Å². The van der Waals surface area contributed by atoms with Crippen LogP contribution in [0.4, 0.5) is 20.2 Å². The summed E-state index contributed by atoms with van der Waals surface area (Å²) in [5.41, 5.74) is 7.05. The Morgan fingerprint density at radius 2 is 0.909 bits per heavy atom. The Bertz CT molecular complexity index is 3410. The molecule has 0 saturated heterocycles. The van der Waals surface area contributed by atoms with Gasteiger partial charge in [-0.3, -0.25) is 29.1 Å². The molecule has 2 aliphatic rings. The smallest absolute Gasteiger partial charge is 0.319 e. The van der Waals surface area contributed by atoms with Crippen LogP contribution in [0, 0.1) is 22.5 Å². The standard InChI is InChI=1S/C29H26FN3O5.C22H20N2O6.C7H8FN/c1-36-25-15-22-23(16-26(25)37-2)31-14-11-24(22)38-21-9-7-20(8-10-21)33-28(35)29(12-13-29)27(34)32-17-18-3-5-19(30)6-4-18;1-28-18-11-15-16(12-19(18)29-2)23-10-7-17(15)30-14-5-3-13(4-6-14)24-20(25)22(8-9-22)21(26)27;8-7-3-1-6(5-9)2-4-7/h3-11,14-16H,12-13,17H2,1-2H3,(H,32,34)(H,33,35);3-7,10-12H,8-9H2,1-2H3,(H,24,25)(H,26,27);1-4H,5,9H2. The van der Waals surface area contributed by atoms with Crippen LogP contribution in [0.25, 0.3) is 21.8 Å². The lowest BCUT2D eigenvalue weighted by Gasteiger charge is -2.16. The summed E-state index contributed by atoms with van der Waals surface area (Å²) in [4.78, 5) is 57.9. The highest BCUT2D eigenvalue weighted by Crippen LogP contribution is 2.48. The van der Waals surface area contributed by atoms with Crippen molar-refractivity contribution >= 4 is 56.9 Å². The van der Waals surface area contributed by atoms with Gasteiger partial charge in [0.05, 0.1) is 39.5 Å². The second kappa shape index (κ2) is 23.9. The fourth-order valence-corrected chi connectivity index (χ4v) is 7.96. The molecule has 396 valence electrons. The number of aromatic nitrogens is 2. The molecular formula is C58H54F2N6O11. The third-order valence-electron chi connectivity index (χ3n) is 12.8. The van der Waals surface area contributed by atoms with Crippen molar-refractivity contribution in [3.8, 4) is 46.0 Å². The Balaban J connectivity index is 0.000000178. The summed E-state index contributed by atoms with van der Waals surface area (Å²) in [5.74, 6) is 1.71. The Morgan fingerprint density at radius 1 is 0.519 bits per heavy atom. The molecule has 77 heavy (non-hydrogen) atoms. The molecule has 0 unspecified atom stereocenters. The lowest BCUT2D eigenvalue weighted by molar-refractivity contribution is -0.147. The summed E-state index contributed by atoms with van der Waals surface area (Å²) in [6.45, 7) is 0.697. The molecule has 17 nitrogen and oxygen atoms in total. The number of rotatable bonds is 17. The number of carbonyl (C=O) groups excluding carboxylic acids is 3. The van der Waals surface area contributed by atoms with Gasteiger partial charge >= 0.3 is 5.97 Å². The van der Waals surface area contributed by atoms with Gasteiger partial charge in [0.2, 0.25) is 17.7 Å². The molecule has 0 bridgehead atoms. The second-order valence-corrected chi connectivity index (χ2v) is 17.8. The van der Waals surface area contributed by atoms with Gasteiger partial charge in [0.25, 0.3) is 0 Å². The minimum absolute atomic E-state index is 0.216. The van der Waals surface area contributed by atoms with E-state index in [9.17, 15) is 33.1 Å². The summed E-state index contributed by atoms with van der Waals surface area (Å²) < 4.78 is 58.8. The average Bonchev–Trinajstić information content (AvgIpc) is 4.41. The van der Waals surface area contributed by atoms with E-state index in [4.69, 9.17) is 34.2 Å². The number of halogens is 2. The lowest BCUT2D eigenvalue weighted by atomic mass is 10.0. The normalized spacial score (nSPS) is 13.2. The van der Waals surface area contributed by atoms with Crippen molar-refractivity contribution in [1.29, 1.82) is 0 Å². The van der Waals surface area contributed by atoms with Gasteiger partial charge in [-0.15, -0.1) is 0 Å². The second-order valence-electron chi connectivity index (χ2n) is 17.8. The molecule has 0 aliphatic heterocycles. The number of pyridine rings is 2. The number of benzene rings is 6. The molecule has 19 heteroatoms. The number of aliphatic carboxylic acids is 1. The molecule has 0 atom stereocenters. The van der Waals surface area contributed by atoms with Crippen LogP contribution in [-0.2, 0) is 32.3 Å². The summed E-state index contributed by atoms with van der Waals surface area (Å²) in [6.07, 6.45) is 4.95. The molecule has 8 aromatic rings. The quantitative estimate of drug-likeness (QED) is 0.0534. The van der Waals surface area contributed by atoms with Crippen molar-refractivity contribution in [2.45, 2.75) is 38.8 Å². The number of ether oxygens (including phenoxy) is 6. The Morgan fingerprint density at radius 3 is 1.29 bits per heavy atom. The van der Waals surface area contributed by atoms with E-state index >= 15 is 0 Å². The third kappa shape index (κ3) is 12.8. The van der Waals surface area contributed by atoms with Gasteiger partial charge in [0, 0.05) is 59.8 Å². The predicted octanol–water partition coefficient (Wildman–Crippen LogP) is 10.4. The number of carboxylic acids is 1. The monoisotopic (exact) mass is 1050 g/mol. The van der Waals surface area contributed by atoms with E-state index in [1.54, 1.807) is 150 Å². The lowest BCUT2D eigenvalue weighted by Crippen LogP contribution is -2.39. The zero-order valence-electron chi connectivity index (χ0n) is 42.4. The van der Waals surface area contributed by atoms with E-state index < -0.39 is 22.7 Å². The van der Waals surface area contributed by atoms with Crippen LogP contribution in [0.5, 0.6) is 46.0 Å². The van der Waals surface area contributed by atoms with E-state index in [-0.39, 0.29) is 30.0 Å². The highest BCUT2D eigenvalue weighted by atomic mass is 19.1. The highest BCUT2D eigenvalue weighted by molar-refractivity contribution is 6.13. The molecule has 2 fully saturated rings. The summed E-state index contributed by atoms with van der Waals surface area (Å²) >= 11 is 0. The number of carbonyl (C=O) groups is 4. The van der Waals surface area contributed by atoms with Crippen LogP contribution in [0.3, 0.4) is 0 Å². The summed E-state index contributed by atoms with van der Waals surface area (Å²) in [6, 6.07) is 36.3. The van der Waals surface area contributed by atoms with Crippen molar-refractivity contribution in [1.82, 2.24) is 15.3 Å². The first kappa shape index (κ1) is 53.9. The molecule has 0 radical (unpaired) electrons. The first-order chi connectivity index (χ1) is 37.2. The van der Waals surface area contributed by atoms with Gasteiger partial charge in [-0.2, -0.15) is 0 Å². The van der Waals surface area contributed by atoms with Crippen LogP contribution < -0.4 is 50.1 Å². The van der Waals surface area contributed by atoms with Crippen molar-refractivity contribution in [2.24, 2.45) is 16.6 Å². The topological polar surface area (TPSA) is 232 Å². The molecule has 2 aromatic heterocycles. The molecule has 10 rings (SSSR count). The van der Waals surface area contributed by atoms with Gasteiger partial charge in [-0.1, -0.05) is 24.3 Å². The van der Waals surface area contributed by atoms with Crippen LogP contribution in [0.15, 0.2) is 146 Å². The molecule has 6 aromatic carbocycles. The molecule has 2 heterocycles. The van der Waals surface area contributed by atoms with E-state index in [0.717, 1.165) is 21.9 Å². The maximum atomic E-state index is 13.1. The summed E-state index contributed by atoms with van der Waals surface area (Å²) in [7, 11) is 6.25. The fourth-order valence-electron chi connectivity index (χ4n) is 7.96. The van der Waals surface area contributed by atoms with Crippen molar-refractivity contribution in [2.75, 3.05) is 39.1 Å². The van der Waals surface area contributed by atoms with Gasteiger partial charge in [-0.25, -0.2) is 8.78 Å². The third-order valence-corrected chi connectivity index (χ3v) is 12.8. The van der Waals surface area contributed by atoms with Crippen molar-refractivity contribution < 1.29 is 61.5 Å². The van der Waals surface area contributed by atoms with Crippen LogP contribution in [0.2, 0.25) is 0 Å². The number of anilines is 2. The van der Waals surface area contributed by atoms with Gasteiger partial charge in [0.1, 0.15) is 45.5 Å². The Labute approximate surface area is 441 Å². The van der Waals surface area contributed by atoms with E-state index in [0.29, 0.717) is 101 Å². The van der Waals surface area contributed by atoms with Crippen molar-refractivity contribution in [3.63, 3.8) is 0 Å². The number of nitrogens with two attached hydrogens (primary N) is 1. The zero-order valence-corrected chi connectivity index (χ0v) is 42.4. The Hall–Kier alpha value is -9.36. The van der Waals surface area contributed by atoms with Crippen LogP contribution in [-0.4, -0.2) is 67.2 Å². The number of hydrogen-bond donors (Lipinski definition) is 5. The minimum atomic E-state index is -1.29. The highest BCUT2D eigenvalue weighted by Gasteiger charge is 2.57. The number of carboxylic acid groups (broad SMARTS) is 1. The molecule has 2 saturated carbocycles. The van der Waals surface area contributed by atoms with Crippen LogP contribution >= 0.6 is 0 Å². The first-order valence-electron chi connectivity index (χ1n) is 24.1. The number of methoxy groups -OCH3 is 4. The Kier molecular flexibility index (Phi) is 16.7. The van der Waals surface area contributed by atoms with Crippen molar-refractivity contribution in [3.05, 3.63) is 169 Å². The number of hydrogen-bond acceptors (Lipinski definition) is 13. The maximum absolute atomic E-state index is 13.1. The first-order valence-corrected chi connectivity index (χ1v) is 24.1. The summed E-state index contributed by atoms with van der Waals surface area (Å²) in [5, 5.41) is 19.0. The van der Waals surface area contributed by atoms with Gasteiger partial charge in [-0.05, 0) is 134 Å². The zero-order chi connectivity index (χ0) is 54.7. The fraction of sp³-hybridized carbons (Fsp3) is 0.207. The van der Waals surface area contributed by atoms with E-state index in [1.165, 1.54) is 24.3 Å². The van der Waals surface area contributed by atoms with E-state index in [2.05, 4.69) is 25.9 Å². The predicted molar refractivity (Wildman–Crippen MR) is 283 cm³/mol. The SMILES string of the molecule is COc1cc2nccc(Oc3ccc(NC(=O)C4(C(=O)NCc5ccc(F)cc5)CC4)cc3)c2cc1OC.COc1cc2nccc(Oc3ccc(NC(=O)C4(C(=O)O)CC4)cc3)c2cc1OC.NCc1ccc(F)cc1. The van der Waals surface area contributed by atoms with Crippen LogP contribution in [0.1, 0.15) is 36.8 Å². The largest absolute Gasteiger partial charge is 0.493 e. The minimum Gasteiger partial charge on any atom is -0.493 e. The number of amides is 3. The average molecular weight is 1050 g/mol. The number of fused-ring (bicyclic) bond motifs is 2. The number of nitrogens with one attached hydrogen (secondary N) is 3. The maximum Gasteiger partial charge on any atom is 0.319 e. The van der Waals surface area contributed by atoms with Gasteiger partial charge < -0.3 is 55.2 Å². The molecule has 6 N–H and O–H groups in total. The molecule has 2 aliphatic carbocycles. The molecular weight excluding hydrogens is 995 g/mol. The molecule has 3 amide bonds.